The van der Waals surface area contributed by atoms with Crippen LogP contribution in [0.15, 0.2) is 0 Å². The van der Waals surface area contributed by atoms with E-state index in [0.717, 1.165) is 19.3 Å². The second-order valence-corrected chi connectivity index (χ2v) is 3.87. The Balaban J connectivity index is 2.73. The molecule has 3 nitrogen and oxygen atoms in total. The number of carbonyl (C=O) groups excluding carboxylic acids is 1. The van der Waals surface area contributed by atoms with Crippen molar-refractivity contribution in [2.24, 2.45) is 17.1 Å². The Morgan fingerprint density at radius 2 is 2.38 bits per heavy atom. The molecule has 0 radical (unpaired) electrons. The van der Waals surface area contributed by atoms with E-state index in [2.05, 4.69) is 6.92 Å². The van der Waals surface area contributed by atoms with Crippen LogP contribution in [-0.4, -0.2) is 19.1 Å². The highest BCUT2D eigenvalue weighted by atomic mass is 16.5. The summed E-state index contributed by atoms with van der Waals surface area (Å²) in [4.78, 5) is 11.7. The average molecular weight is 185 g/mol. The Hall–Kier alpha value is -0.570. The van der Waals surface area contributed by atoms with Crippen molar-refractivity contribution in [1.29, 1.82) is 0 Å². The third-order valence-electron chi connectivity index (χ3n) is 3.25. The summed E-state index contributed by atoms with van der Waals surface area (Å²) in [5, 5.41) is 0. The molecule has 0 saturated heterocycles. The molecule has 0 amide bonds. The minimum atomic E-state index is -0.379. The molecule has 0 aromatic carbocycles. The summed E-state index contributed by atoms with van der Waals surface area (Å²) < 4.78 is 5.07. The first-order chi connectivity index (χ1) is 6.17. The SMILES string of the molecule is CCOC(=O)C1(CN)CCCC1C. The lowest BCUT2D eigenvalue weighted by molar-refractivity contribution is -0.156. The third kappa shape index (κ3) is 1.70. The van der Waals surface area contributed by atoms with E-state index in [1.165, 1.54) is 0 Å². The Labute approximate surface area is 79.6 Å². The first-order valence-electron chi connectivity index (χ1n) is 5.04. The van der Waals surface area contributed by atoms with Crippen molar-refractivity contribution in [3.63, 3.8) is 0 Å². The van der Waals surface area contributed by atoms with Crippen molar-refractivity contribution in [3.8, 4) is 0 Å². The van der Waals surface area contributed by atoms with Crippen LogP contribution in [0.4, 0.5) is 0 Å². The monoisotopic (exact) mass is 185 g/mol. The molecule has 2 unspecified atom stereocenters. The lowest BCUT2D eigenvalue weighted by atomic mass is 9.79. The van der Waals surface area contributed by atoms with Crippen LogP contribution in [-0.2, 0) is 9.53 Å². The first-order valence-corrected chi connectivity index (χ1v) is 5.04. The highest BCUT2D eigenvalue weighted by Crippen LogP contribution is 2.43. The van der Waals surface area contributed by atoms with Crippen LogP contribution < -0.4 is 5.73 Å². The summed E-state index contributed by atoms with van der Waals surface area (Å²) in [6.07, 6.45) is 3.08. The van der Waals surface area contributed by atoms with Crippen LogP contribution in [0.2, 0.25) is 0 Å². The fourth-order valence-corrected chi connectivity index (χ4v) is 2.21. The van der Waals surface area contributed by atoms with Crippen molar-refractivity contribution in [2.75, 3.05) is 13.2 Å². The molecule has 76 valence electrons. The molecule has 0 aliphatic heterocycles. The molecule has 1 rings (SSSR count). The van der Waals surface area contributed by atoms with Crippen molar-refractivity contribution in [3.05, 3.63) is 0 Å². The predicted octanol–water partition coefficient (Wildman–Crippen LogP) is 1.31. The van der Waals surface area contributed by atoms with Crippen LogP contribution in [0.3, 0.4) is 0 Å². The van der Waals surface area contributed by atoms with Crippen LogP contribution >= 0.6 is 0 Å². The quantitative estimate of drug-likeness (QED) is 0.674. The molecule has 13 heavy (non-hydrogen) atoms. The summed E-state index contributed by atoms with van der Waals surface area (Å²) in [6.45, 7) is 4.80. The first kappa shape index (κ1) is 10.5. The van der Waals surface area contributed by atoms with Crippen molar-refractivity contribution in [1.82, 2.24) is 0 Å². The van der Waals surface area contributed by atoms with Crippen LogP contribution in [0, 0.1) is 11.3 Å². The van der Waals surface area contributed by atoms with Crippen LogP contribution in [0.1, 0.15) is 33.1 Å². The molecular weight excluding hydrogens is 166 g/mol. The summed E-state index contributed by atoms with van der Waals surface area (Å²) in [6, 6.07) is 0. The molecule has 1 saturated carbocycles. The Morgan fingerprint density at radius 1 is 1.69 bits per heavy atom. The number of carbonyl (C=O) groups is 1. The van der Waals surface area contributed by atoms with Gasteiger partial charge in [0.05, 0.1) is 12.0 Å². The highest BCUT2D eigenvalue weighted by molar-refractivity contribution is 5.78. The van der Waals surface area contributed by atoms with Gasteiger partial charge in [-0.3, -0.25) is 4.79 Å². The molecule has 0 bridgehead atoms. The fraction of sp³-hybridized carbons (Fsp3) is 0.900. The van der Waals surface area contributed by atoms with Gasteiger partial charge in [-0.1, -0.05) is 13.3 Å². The minimum Gasteiger partial charge on any atom is -0.466 e. The van der Waals surface area contributed by atoms with Gasteiger partial charge in [0.2, 0.25) is 0 Å². The lowest BCUT2D eigenvalue weighted by Crippen LogP contribution is -2.42. The van der Waals surface area contributed by atoms with Gasteiger partial charge >= 0.3 is 5.97 Å². The number of nitrogens with two attached hydrogens (primary N) is 1. The molecule has 0 aromatic heterocycles. The second kappa shape index (κ2) is 4.09. The van der Waals surface area contributed by atoms with Crippen molar-refractivity contribution < 1.29 is 9.53 Å². The zero-order valence-electron chi connectivity index (χ0n) is 8.51. The van der Waals surface area contributed by atoms with Gasteiger partial charge in [-0.05, 0) is 25.7 Å². The predicted molar refractivity (Wildman–Crippen MR) is 51.1 cm³/mol. The molecule has 1 fully saturated rings. The standard InChI is InChI=1S/C10H19NO2/c1-3-13-9(12)10(7-11)6-4-5-8(10)2/h8H,3-7,11H2,1-2H3. The van der Waals surface area contributed by atoms with E-state index in [-0.39, 0.29) is 11.4 Å². The molecule has 3 heteroatoms. The molecule has 2 atom stereocenters. The average Bonchev–Trinajstić information content (AvgIpc) is 2.48. The third-order valence-corrected chi connectivity index (χ3v) is 3.25. The normalized spacial score (nSPS) is 33.3. The van der Waals surface area contributed by atoms with Crippen molar-refractivity contribution in [2.45, 2.75) is 33.1 Å². The van der Waals surface area contributed by atoms with Crippen LogP contribution in [0.25, 0.3) is 0 Å². The lowest BCUT2D eigenvalue weighted by Gasteiger charge is -2.29. The Kier molecular flexibility index (Phi) is 3.31. The topological polar surface area (TPSA) is 52.3 Å². The minimum absolute atomic E-state index is 0.0949. The largest absolute Gasteiger partial charge is 0.466 e. The number of hydrogen-bond acceptors (Lipinski definition) is 3. The molecule has 0 aromatic rings. The van der Waals surface area contributed by atoms with E-state index >= 15 is 0 Å². The van der Waals surface area contributed by atoms with E-state index < -0.39 is 0 Å². The number of ether oxygens (including phenoxy) is 1. The fourth-order valence-electron chi connectivity index (χ4n) is 2.21. The van der Waals surface area contributed by atoms with Gasteiger partial charge in [0.25, 0.3) is 0 Å². The summed E-state index contributed by atoms with van der Waals surface area (Å²) in [5.74, 6) is 0.277. The van der Waals surface area contributed by atoms with Gasteiger partial charge in [-0.15, -0.1) is 0 Å². The zero-order valence-corrected chi connectivity index (χ0v) is 8.51. The highest BCUT2D eigenvalue weighted by Gasteiger charge is 2.46. The summed E-state index contributed by atoms with van der Waals surface area (Å²) in [5.41, 5.74) is 5.31. The maximum absolute atomic E-state index is 11.7. The zero-order chi connectivity index (χ0) is 9.90. The smallest absolute Gasteiger partial charge is 0.313 e. The molecule has 1 aliphatic carbocycles. The Morgan fingerprint density at radius 3 is 2.77 bits per heavy atom. The van der Waals surface area contributed by atoms with Gasteiger partial charge in [0, 0.05) is 6.54 Å². The van der Waals surface area contributed by atoms with Gasteiger partial charge in [0.1, 0.15) is 0 Å². The van der Waals surface area contributed by atoms with Crippen molar-refractivity contribution >= 4 is 5.97 Å². The summed E-state index contributed by atoms with van der Waals surface area (Å²) in [7, 11) is 0. The second-order valence-electron chi connectivity index (χ2n) is 3.87. The van der Waals surface area contributed by atoms with Crippen LogP contribution in [0.5, 0.6) is 0 Å². The molecule has 2 N–H and O–H groups in total. The van der Waals surface area contributed by atoms with E-state index in [4.69, 9.17) is 10.5 Å². The molecular formula is C10H19NO2. The van der Waals surface area contributed by atoms with Gasteiger partial charge in [0.15, 0.2) is 0 Å². The molecule has 0 heterocycles. The maximum Gasteiger partial charge on any atom is 0.313 e. The Bertz CT molecular complexity index is 193. The number of esters is 1. The van der Waals surface area contributed by atoms with Gasteiger partial charge < -0.3 is 10.5 Å². The number of hydrogen-bond donors (Lipinski definition) is 1. The van der Waals surface area contributed by atoms with E-state index in [1.807, 2.05) is 6.92 Å². The summed E-state index contributed by atoms with van der Waals surface area (Å²) >= 11 is 0. The maximum atomic E-state index is 11.7. The molecule has 0 spiro atoms. The van der Waals surface area contributed by atoms with Gasteiger partial charge in [-0.2, -0.15) is 0 Å². The van der Waals surface area contributed by atoms with E-state index in [9.17, 15) is 4.79 Å². The molecule has 1 aliphatic rings. The van der Waals surface area contributed by atoms with E-state index in [1.54, 1.807) is 0 Å². The number of rotatable bonds is 3. The van der Waals surface area contributed by atoms with E-state index in [0.29, 0.717) is 19.1 Å². The van der Waals surface area contributed by atoms with Gasteiger partial charge in [-0.25, -0.2) is 0 Å².